The summed E-state index contributed by atoms with van der Waals surface area (Å²) in [4.78, 5) is 20.8. The average Bonchev–Trinajstić information content (AvgIpc) is 2.87. The number of carboxylic acid groups (broad SMARTS) is 1. The van der Waals surface area contributed by atoms with E-state index in [2.05, 4.69) is 5.32 Å². The smallest absolute Gasteiger partial charge is 0.307 e. The number of carbonyl (C=O) groups is 1. The van der Waals surface area contributed by atoms with Crippen LogP contribution in [0.4, 0.5) is 11.5 Å². The van der Waals surface area contributed by atoms with E-state index in [0.717, 1.165) is 59.8 Å². The summed E-state index contributed by atoms with van der Waals surface area (Å²) in [5.41, 5.74) is 5.07. The summed E-state index contributed by atoms with van der Waals surface area (Å²) in [6, 6.07) is 17.6. The Morgan fingerprint density at radius 3 is 2.30 bits per heavy atom. The van der Waals surface area contributed by atoms with Crippen LogP contribution in [0.25, 0.3) is 11.4 Å². The number of fused-ring (bicyclic) bond motifs is 1. The van der Waals surface area contributed by atoms with Gasteiger partial charge in [-0.1, -0.05) is 61.7 Å². The zero-order valence-corrected chi connectivity index (χ0v) is 17.1. The number of aryl methyl sites for hydroxylation is 1. The van der Waals surface area contributed by atoms with Gasteiger partial charge in [0.2, 0.25) is 0 Å². The van der Waals surface area contributed by atoms with Gasteiger partial charge >= 0.3 is 5.97 Å². The quantitative estimate of drug-likeness (QED) is 0.585. The average molecular weight is 402 g/mol. The van der Waals surface area contributed by atoms with Crippen LogP contribution in [-0.2, 0) is 24.1 Å². The molecular formula is C25H27N3O2. The molecule has 0 amide bonds. The van der Waals surface area contributed by atoms with Crippen LogP contribution in [0.3, 0.4) is 0 Å². The molecule has 1 aliphatic carbocycles. The molecule has 30 heavy (non-hydrogen) atoms. The summed E-state index contributed by atoms with van der Waals surface area (Å²) >= 11 is 0. The van der Waals surface area contributed by atoms with E-state index < -0.39 is 5.97 Å². The number of rotatable bonds is 5. The molecule has 2 N–H and O–H groups in total. The van der Waals surface area contributed by atoms with Crippen molar-refractivity contribution in [2.75, 3.05) is 5.32 Å². The number of benzene rings is 2. The number of aromatic nitrogens is 2. The Kier molecular flexibility index (Phi) is 6.38. The maximum atomic E-state index is 10.9. The van der Waals surface area contributed by atoms with Crippen LogP contribution in [0.15, 0.2) is 54.6 Å². The monoisotopic (exact) mass is 401 g/mol. The van der Waals surface area contributed by atoms with Gasteiger partial charge in [0.15, 0.2) is 5.82 Å². The van der Waals surface area contributed by atoms with Gasteiger partial charge in [-0.2, -0.15) is 0 Å². The maximum absolute atomic E-state index is 10.9. The molecule has 1 aliphatic rings. The Labute approximate surface area is 177 Å². The highest BCUT2D eigenvalue weighted by atomic mass is 16.4. The van der Waals surface area contributed by atoms with Gasteiger partial charge in [-0.05, 0) is 43.4 Å². The van der Waals surface area contributed by atoms with Crippen molar-refractivity contribution in [3.05, 3.63) is 71.4 Å². The standard InChI is InChI=1S/C25H27N3O2/c29-23(30)17-18-13-15-20(16-14-18)26-25-21-11-7-2-1-3-8-12-22(21)27-24(28-25)19-9-5-4-6-10-19/h4-6,9-10,13-16H,1-3,7-8,11-12,17H2,(H,29,30)(H,26,27,28). The van der Waals surface area contributed by atoms with Crippen molar-refractivity contribution in [1.29, 1.82) is 0 Å². The van der Waals surface area contributed by atoms with Crippen LogP contribution in [0, 0.1) is 0 Å². The van der Waals surface area contributed by atoms with Crippen molar-refractivity contribution in [3.8, 4) is 11.4 Å². The molecule has 0 radical (unpaired) electrons. The zero-order valence-electron chi connectivity index (χ0n) is 17.1. The third-order valence-corrected chi connectivity index (χ3v) is 5.54. The van der Waals surface area contributed by atoms with Crippen LogP contribution in [0.2, 0.25) is 0 Å². The van der Waals surface area contributed by atoms with Gasteiger partial charge in [-0.3, -0.25) is 4.79 Å². The second-order valence-corrected chi connectivity index (χ2v) is 7.85. The predicted molar refractivity (Wildman–Crippen MR) is 119 cm³/mol. The van der Waals surface area contributed by atoms with E-state index in [4.69, 9.17) is 15.1 Å². The molecule has 0 fully saturated rings. The third kappa shape index (κ3) is 5.03. The molecule has 0 saturated heterocycles. The van der Waals surface area contributed by atoms with E-state index in [1.165, 1.54) is 24.8 Å². The molecule has 0 aliphatic heterocycles. The highest BCUT2D eigenvalue weighted by Crippen LogP contribution is 2.29. The van der Waals surface area contributed by atoms with Crippen molar-refractivity contribution in [3.63, 3.8) is 0 Å². The Morgan fingerprint density at radius 1 is 0.867 bits per heavy atom. The molecule has 5 nitrogen and oxygen atoms in total. The Morgan fingerprint density at radius 2 is 1.57 bits per heavy atom. The first kappa shape index (κ1) is 20.1. The lowest BCUT2D eigenvalue weighted by molar-refractivity contribution is -0.136. The number of nitrogens with one attached hydrogen (secondary N) is 1. The van der Waals surface area contributed by atoms with E-state index in [-0.39, 0.29) is 6.42 Å². The van der Waals surface area contributed by atoms with Gasteiger partial charge in [-0.25, -0.2) is 9.97 Å². The Bertz CT molecular complexity index is 1000. The molecule has 2 aromatic carbocycles. The zero-order chi connectivity index (χ0) is 20.8. The van der Waals surface area contributed by atoms with Gasteiger partial charge in [0.25, 0.3) is 0 Å². The summed E-state index contributed by atoms with van der Waals surface area (Å²) in [5, 5.41) is 12.5. The minimum atomic E-state index is -0.823. The maximum Gasteiger partial charge on any atom is 0.307 e. The number of nitrogens with zero attached hydrogens (tertiary/aromatic N) is 2. The Balaban J connectivity index is 1.70. The lowest BCUT2D eigenvalue weighted by Gasteiger charge is -2.16. The van der Waals surface area contributed by atoms with Crippen LogP contribution >= 0.6 is 0 Å². The van der Waals surface area contributed by atoms with E-state index in [0.29, 0.717) is 0 Å². The predicted octanol–water partition coefficient (Wildman–Crippen LogP) is 5.56. The second kappa shape index (κ2) is 9.53. The molecular weight excluding hydrogens is 374 g/mol. The fourth-order valence-electron chi connectivity index (χ4n) is 3.96. The molecule has 0 bridgehead atoms. The van der Waals surface area contributed by atoms with Crippen LogP contribution in [0.5, 0.6) is 0 Å². The van der Waals surface area contributed by atoms with Crippen LogP contribution in [-0.4, -0.2) is 21.0 Å². The van der Waals surface area contributed by atoms with Gasteiger partial charge in [0.05, 0.1) is 6.42 Å². The molecule has 0 saturated carbocycles. The molecule has 3 aromatic rings. The highest BCUT2D eigenvalue weighted by molar-refractivity contribution is 5.71. The van der Waals surface area contributed by atoms with Gasteiger partial charge in [0.1, 0.15) is 5.82 Å². The summed E-state index contributed by atoms with van der Waals surface area (Å²) < 4.78 is 0. The first-order valence-electron chi connectivity index (χ1n) is 10.7. The molecule has 1 heterocycles. The third-order valence-electron chi connectivity index (χ3n) is 5.54. The Hall–Kier alpha value is -3.21. The SMILES string of the molecule is O=C(O)Cc1ccc(Nc2nc(-c3ccccc3)nc3c2CCCCCCC3)cc1. The van der Waals surface area contributed by atoms with Gasteiger partial charge in [-0.15, -0.1) is 0 Å². The lowest BCUT2D eigenvalue weighted by atomic mass is 10.0. The van der Waals surface area contributed by atoms with Crippen molar-refractivity contribution in [2.45, 2.75) is 51.4 Å². The lowest BCUT2D eigenvalue weighted by Crippen LogP contribution is -2.08. The van der Waals surface area contributed by atoms with Gasteiger partial charge < -0.3 is 10.4 Å². The number of hydrogen-bond acceptors (Lipinski definition) is 4. The second-order valence-electron chi connectivity index (χ2n) is 7.85. The summed E-state index contributed by atoms with van der Waals surface area (Å²) in [6.07, 6.45) is 8.05. The number of aliphatic carboxylic acids is 1. The minimum Gasteiger partial charge on any atom is -0.481 e. The highest BCUT2D eigenvalue weighted by Gasteiger charge is 2.17. The molecule has 1 aromatic heterocycles. The first-order chi connectivity index (χ1) is 14.7. The van der Waals surface area contributed by atoms with E-state index in [1.807, 2.05) is 54.6 Å². The number of carboxylic acids is 1. The van der Waals surface area contributed by atoms with E-state index in [9.17, 15) is 4.79 Å². The topological polar surface area (TPSA) is 75.1 Å². The number of anilines is 2. The summed E-state index contributed by atoms with van der Waals surface area (Å²) in [6.45, 7) is 0. The molecule has 0 unspecified atom stereocenters. The summed E-state index contributed by atoms with van der Waals surface area (Å²) in [5.74, 6) is 0.793. The van der Waals surface area contributed by atoms with Gasteiger partial charge in [0, 0.05) is 22.5 Å². The first-order valence-corrected chi connectivity index (χ1v) is 10.7. The molecule has 5 heteroatoms. The number of hydrogen-bond donors (Lipinski definition) is 2. The molecule has 0 atom stereocenters. The largest absolute Gasteiger partial charge is 0.481 e. The fourth-order valence-corrected chi connectivity index (χ4v) is 3.96. The fraction of sp³-hybridized carbons (Fsp3) is 0.320. The van der Waals surface area contributed by atoms with Crippen molar-refractivity contribution in [2.24, 2.45) is 0 Å². The van der Waals surface area contributed by atoms with E-state index >= 15 is 0 Å². The van der Waals surface area contributed by atoms with Crippen molar-refractivity contribution in [1.82, 2.24) is 9.97 Å². The van der Waals surface area contributed by atoms with Crippen molar-refractivity contribution >= 4 is 17.5 Å². The minimum absolute atomic E-state index is 0.0291. The molecule has 4 rings (SSSR count). The normalized spacial score (nSPS) is 14.1. The summed E-state index contributed by atoms with van der Waals surface area (Å²) in [7, 11) is 0. The van der Waals surface area contributed by atoms with Crippen molar-refractivity contribution < 1.29 is 9.90 Å². The van der Waals surface area contributed by atoms with Crippen LogP contribution < -0.4 is 5.32 Å². The molecule has 0 spiro atoms. The van der Waals surface area contributed by atoms with E-state index in [1.54, 1.807) is 0 Å². The van der Waals surface area contributed by atoms with Crippen LogP contribution in [0.1, 0.15) is 48.9 Å². The molecule has 154 valence electrons.